The number of aliphatic hydroxyl groups is 1. The zero-order valence-electron chi connectivity index (χ0n) is 16.9. The molecule has 2 aromatic rings. The fourth-order valence-corrected chi connectivity index (χ4v) is 4.63. The van der Waals surface area contributed by atoms with Crippen molar-refractivity contribution in [2.75, 3.05) is 13.1 Å². The van der Waals surface area contributed by atoms with E-state index in [1.165, 1.54) is 25.0 Å². The Morgan fingerprint density at radius 1 is 1.30 bits per heavy atom. The number of nitrogens with zero attached hydrogens (tertiary/aromatic N) is 5. The Kier molecular flexibility index (Phi) is 4.72. The van der Waals surface area contributed by atoms with Crippen LogP contribution in [0.2, 0.25) is 0 Å². The average Bonchev–Trinajstić information content (AvgIpc) is 3.23. The molecule has 2 aromatic heterocycles. The molecule has 0 unspecified atom stereocenters. The van der Waals surface area contributed by atoms with E-state index in [0.29, 0.717) is 16.9 Å². The average molecular weight is 370 g/mol. The molecule has 4 rings (SSSR count). The smallest absolute Gasteiger partial charge is 0.155 e. The van der Waals surface area contributed by atoms with Crippen molar-refractivity contribution < 1.29 is 5.11 Å². The van der Waals surface area contributed by atoms with Gasteiger partial charge in [-0.15, -0.1) is 0 Å². The summed E-state index contributed by atoms with van der Waals surface area (Å²) in [6.45, 7) is 10.9. The molecular weight excluding hydrogens is 338 g/mol. The standard InChI is InChI=1S/C21H31N5O/c1-15-6-5-7-21(2,3)17(15)14-25-10-11-26-16(13-25)12-18(23-26)19(27)20-22-8-9-24(20)4/h8-9,12,19,27H,5-7,10-11,13-14H2,1-4H3/t19-/m0/s1. The molecule has 6 nitrogen and oxygen atoms in total. The number of hydrogen-bond acceptors (Lipinski definition) is 4. The Morgan fingerprint density at radius 2 is 2.11 bits per heavy atom. The molecule has 0 bridgehead atoms. The van der Waals surface area contributed by atoms with Gasteiger partial charge in [0.05, 0.1) is 17.9 Å². The molecule has 27 heavy (non-hydrogen) atoms. The number of allylic oxidation sites excluding steroid dienone is 1. The van der Waals surface area contributed by atoms with Gasteiger partial charge in [-0.25, -0.2) is 4.98 Å². The van der Waals surface area contributed by atoms with E-state index in [4.69, 9.17) is 0 Å². The van der Waals surface area contributed by atoms with Crippen molar-refractivity contribution in [1.29, 1.82) is 0 Å². The monoisotopic (exact) mass is 369 g/mol. The first-order chi connectivity index (χ1) is 12.8. The summed E-state index contributed by atoms with van der Waals surface area (Å²) in [7, 11) is 1.89. The maximum absolute atomic E-state index is 10.7. The van der Waals surface area contributed by atoms with Gasteiger partial charge in [0.1, 0.15) is 5.82 Å². The SMILES string of the molecule is CC1=C(CN2CCn3nc([C@H](O)c4nccn4C)cc3C2)C(C)(C)CCC1. The van der Waals surface area contributed by atoms with Gasteiger partial charge in [0, 0.05) is 39.1 Å². The second kappa shape index (κ2) is 6.91. The minimum Gasteiger partial charge on any atom is -0.379 e. The first kappa shape index (κ1) is 18.4. The van der Waals surface area contributed by atoms with Crippen LogP contribution in [0.3, 0.4) is 0 Å². The Morgan fingerprint density at radius 3 is 2.81 bits per heavy atom. The van der Waals surface area contributed by atoms with Crippen molar-refractivity contribution in [3.05, 3.63) is 46.8 Å². The predicted octanol–water partition coefficient (Wildman–Crippen LogP) is 3.04. The van der Waals surface area contributed by atoms with Gasteiger partial charge < -0.3 is 9.67 Å². The molecule has 0 aromatic carbocycles. The summed E-state index contributed by atoms with van der Waals surface area (Å²) >= 11 is 0. The van der Waals surface area contributed by atoms with Crippen molar-refractivity contribution in [2.24, 2.45) is 12.5 Å². The molecule has 1 aliphatic heterocycles. The normalized spacial score (nSPS) is 21.4. The lowest BCUT2D eigenvalue weighted by Gasteiger charge is -2.38. The topological polar surface area (TPSA) is 59.1 Å². The van der Waals surface area contributed by atoms with E-state index < -0.39 is 6.10 Å². The summed E-state index contributed by atoms with van der Waals surface area (Å²) in [6.07, 6.45) is 6.61. The molecule has 3 heterocycles. The second-order valence-electron chi connectivity index (χ2n) is 8.79. The zero-order chi connectivity index (χ0) is 19.2. The Bertz CT molecular complexity index is 860. The van der Waals surface area contributed by atoms with Crippen LogP contribution >= 0.6 is 0 Å². The lowest BCUT2D eigenvalue weighted by Crippen LogP contribution is -2.38. The minimum atomic E-state index is -0.779. The highest BCUT2D eigenvalue weighted by atomic mass is 16.3. The molecule has 0 radical (unpaired) electrons. The van der Waals surface area contributed by atoms with Gasteiger partial charge >= 0.3 is 0 Å². The molecule has 2 aliphatic rings. The maximum Gasteiger partial charge on any atom is 0.155 e. The van der Waals surface area contributed by atoms with E-state index >= 15 is 0 Å². The third-order valence-corrected chi connectivity index (χ3v) is 6.35. The van der Waals surface area contributed by atoms with Crippen molar-refractivity contribution in [2.45, 2.75) is 59.2 Å². The van der Waals surface area contributed by atoms with Crippen LogP contribution in [-0.4, -0.2) is 42.4 Å². The van der Waals surface area contributed by atoms with Crippen LogP contribution in [0.1, 0.15) is 63.3 Å². The highest BCUT2D eigenvalue weighted by Crippen LogP contribution is 2.40. The van der Waals surface area contributed by atoms with Crippen LogP contribution in [-0.2, 0) is 20.1 Å². The van der Waals surface area contributed by atoms with E-state index in [0.717, 1.165) is 26.2 Å². The molecule has 0 saturated carbocycles. The summed E-state index contributed by atoms with van der Waals surface area (Å²) in [5.74, 6) is 0.632. The number of aromatic nitrogens is 4. The molecular formula is C21H31N5O. The summed E-state index contributed by atoms with van der Waals surface area (Å²) < 4.78 is 3.89. The van der Waals surface area contributed by atoms with Crippen molar-refractivity contribution >= 4 is 0 Å². The third-order valence-electron chi connectivity index (χ3n) is 6.35. The highest BCUT2D eigenvalue weighted by Gasteiger charge is 2.31. The molecule has 1 N–H and O–H groups in total. The van der Waals surface area contributed by atoms with Gasteiger partial charge in [-0.3, -0.25) is 9.58 Å². The summed E-state index contributed by atoms with van der Waals surface area (Å²) in [5.41, 5.74) is 5.37. The molecule has 0 spiro atoms. The summed E-state index contributed by atoms with van der Waals surface area (Å²) in [6, 6.07) is 2.04. The number of aryl methyl sites for hydroxylation is 1. The van der Waals surface area contributed by atoms with Crippen LogP contribution in [0, 0.1) is 5.41 Å². The lowest BCUT2D eigenvalue weighted by atomic mass is 9.72. The Labute approximate surface area is 161 Å². The first-order valence-electron chi connectivity index (χ1n) is 9.98. The molecule has 1 atom stereocenters. The van der Waals surface area contributed by atoms with Crippen molar-refractivity contribution in [3.8, 4) is 0 Å². The van der Waals surface area contributed by atoms with Gasteiger partial charge in [-0.2, -0.15) is 5.10 Å². The molecule has 0 amide bonds. The lowest BCUT2D eigenvalue weighted by molar-refractivity contribution is 0.196. The maximum atomic E-state index is 10.7. The number of hydrogen-bond donors (Lipinski definition) is 1. The second-order valence-corrected chi connectivity index (χ2v) is 8.79. The van der Waals surface area contributed by atoms with E-state index in [1.807, 2.05) is 28.6 Å². The van der Waals surface area contributed by atoms with Gasteiger partial charge in [0.25, 0.3) is 0 Å². The van der Waals surface area contributed by atoms with Gasteiger partial charge in [0.2, 0.25) is 0 Å². The molecule has 0 saturated heterocycles. The molecule has 6 heteroatoms. The van der Waals surface area contributed by atoms with Crippen LogP contribution in [0.25, 0.3) is 0 Å². The Balaban J connectivity index is 1.51. The predicted molar refractivity (Wildman–Crippen MR) is 105 cm³/mol. The van der Waals surface area contributed by atoms with Crippen molar-refractivity contribution in [3.63, 3.8) is 0 Å². The van der Waals surface area contributed by atoms with Crippen molar-refractivity contribution in [1.82, 2.24) is 24.2 Å². The van der Waals surface area contributed by atoms with Crippen LogP contribution in [0.15, 0.2) is 29.6 Å². The molecule has 1 aliphatic carbocycles. The van der Waals surface area contributed by atoms with E-state index in [1.54, 1.807) is 17.3 Å². The van der Waals surface area contributed by atoms with E-state index in [-0.39, 0.29) is 0 Å². The Hall–Kier alpha value is -1.92. The molecule has 146 valence electrons. The zero-order valence-corrected chi connectivity index (χ0v) is 16.9. The number of imidazole rings is 1. The van der Waals surface area contributed by atoms with E-state index in [2.05, 4.69) is 35.8 Å². The summed E-state index contributed by atoms with van der Waals surface area (Å²) in [5, 5.41) is 15.3. The fourth-order valence-electron chi connectivity index (χ4n) is 4.63. The number of rotatable bonds is 4. The third kappa shape index (κ3) is 3.48. The van der Waals surface area contributed by atoms with Gasteiger partial charge in [-0.1, -0.05) is 25.0 Å². The van der Waals surface area contributed by atoms with Gasteiger partial charge in [-0.05, 0) is 37.7 Å². The van der Waals surface area contributed by atoms with Gasteiger partial charge in [0.15, 0.2) is 6.10 Å². The quantitative estimate of drug-likeness (QED) is 0.842. The largest absolute Gasteiger partial charge is 0.379 e. The molecule has 0 fully saturated rings. The van der Waals surface area contributed by atoms with Crippen LogP contribution in [0.5, 0.6) is 0 Å². The van der Waals surface area contributed by atoms with Crippen LogP contribution in [0.4, 0.5) is 0 Å². The minimum absolute atomic E-state index is 0.305. The van der Waals surface area contributed by atoms with Crippen LogP contribution < -0.4 is 0 Å². The number of aliphatic hydroxyl groups excluding tert-OH is 1. The summed E-state index contributed by atoms with van der Waals surface area (Å²) in [4.78, 5) is 6.79. The van der Waals surface area contributed by atoms with E-state index in [9.17, 15) is 5.11 Å². The fraction of sp³-hybridized carbons (Fsp3) is 0.619. The first-order valence-corrected chi connectivity index (χ1v) is 9.98. The highest BCUT2D eigenvalue weighted by molar-refractivity contribution is 5.25. The number of fused-ring (bicyclic) bond motifs is 1.